The van der Waals surface area contributed by atoms with E-state index in [1.165, 1.54) is 18.2 Å². The zero-order valence-corrected chi connectivity index (χ0v) is 24.5. The number of aromatic nitrogens is 2. The number of pyridine rings is 1. The fourth-order valence-electron chi connectivity index (χ4n) is 5.98. The summed E-state index contributed by atoms with van der Waals surface area (Å²) in [6, 6.07) is 15.1. The number of imide groups is 2. The third kappa shape index (κ3) is 5.91. The van der Waals surface area contributed by atoms with Crippen LogP contribution in [0.4, 0.5) is 0 Å². The van der Waals surface area contributed by atoms with Crippen molar-refractivity contribution in [3.63, 3.8) is 0 Å². The molecule has 0 radical (unpaired) electrons. The minimum atomic E-state index is -1.06. The van der Waals surface area contributed by atoms with E-state index >= 15 is 0 Å². The van der Waals surface area contributed by atoms with Gasteiger partial charge in [-0.05, 0) is 55.7 Å². The zero-order valence-electron chi connectivity index (χ0n) is 24.5. The molecule has 1 unspecified atom stereocenters. The standard InChI is InChI=1S/C33H32N6O6/c40-27-14-13-26(31(43)37-27)39-32(44)23-12-11-20(18-24(23)33(39)45)30(42)36-16-6-2-1-5-15-34-28(41)19-38-25-10-4-3-8-21(25)22-9-7-17-35-29(22)38/h3-4,7-12,17-18,26H,1-2,5-6,13-16,19H2,(H,34,41)(H,36,42)(H,37,40,43). The van der Waals surface area contributed by atoms with Gasteiger partial charge in [-0.3, -0.25) is 39.0 Å². The number of para-hydroxylation sites is 1. The minimum absolute atomic E-state index is 0.0354. The average molecular weight is 609 g/mol. The normalized spacial score (nSPS) is 16.3. The quantitative estimate of drug-likeness (QED) is 0.174. The van der Waals surface area contributed by atoms with E-state index in [-0.39, 0.29) is 47.9 Å². The Bertz CT molecular complexity index is 1810. The minimum Gasteiger partial charge on any atom is -0.355 e. The van der Waals surface area contributed by atoms with Crippen LogP contribution in [0, 0.1) is 0 Å². The van der Waals surface area contributed by atoms with Crippen LogP contribution in [-0.2, 0) is 20.9 Å². The molecule has 0 aliphatic carbocycles. The van der Waals surface area contributed by atoms with Crippen molar-refractivity contribution < 1.29 is 28.8 Å². The fraction of sp³-hybridized carbons (Fsp3) is 0.303. The summed E-state index contributed by atoms with van der Waals surface area (Å²) in [5, 5.41) is 10.1. The number of fused-ring (bicyclic) bond motifs is 4. The molecule has 1 atom stereocenters. The molecule has 0 bridgehead atoms. The van der Waals surface area contributed by atoms with Crippen molar-refractivity contribution in [2.75, 3.05) is 13.1 Å². The average Bonchev–Trinajstić information content (AvgIpc) is 3.48. The zero-order chi connectivity index (χ0) is 31.5. The molecule has 2 aliphatic heterocycles. The molecule has 4 aromatic rings. The number of carbonyl (C=O) groups excluding carboxylic acids is 6. The second-order valence-electron chi connectivity index (χ2n) is 11.2. The molecule has 12 heteroatoms. The first-order chi connectivity index (χ1) is 21.8. The van der Waals surface area contributed by atoms with Crippen molar-refractivity contribution >= 4 is 57.4 Å². The molecule has 0 spiro atoms. The number of rotatable bonds is 11. The lowest BCUT2D eigenvalue weighted by Crippen LogP contribution is -2.54. The van der Waals surface area contributed by atoms with Gasteiger partial charge in [0.15, 0.2) is 0 Å². The summed E-state index contributed by atoms with van der Waals surface area (Å²) in [6.07, 6.45) is 5.09. The lowest BCUT2D eigenvalue weighted by Gasteiger charge is -2.27. The maximum atomic E-state index is 13.0. The first kappa shape index (κ1) is 29.7. The number of nitrogens with zero attached hydrogens (tertiary/aromatic N) is 3. The molecule has 12 nitrogen and oxygen atoms in total. The summed E-state index contributed by atoms with van der Waals surface area (Å²) in [5.74, 6) is -2.84. The first-order valence-corrected chi connectivity index (χ1v) is 15.1. The van der Waals surface area contributed by atoms with Gasteiger partial charge in [-0.1, -0.05) is 31.0 Å². The molecule has 3 N–H and O–H groups in total. The van der Waals surface area contributed by atoms with Gasteiger partial charge >= 0.3 is 0 Å². The van der Waals surface area contributed by atoms with Gasteiger partial charge in [0, 0.05) is 42.0 Å². The Morgan fingerprint density at radius 1 is 0.844 bits per heavy atom. The Balaban J connectivity index is 0.919. The molecule has 45 heavy (non-hydrogen) atoms. The predicted octanol–water partition coefficient (Wildman–Crippen LogP) is 2.70. The van der Waals surface area contributed by atoms with Gasteiger partial charge in [-0.2, -0.15) is 0 Å². The second-order valence-corrected chi connectivity index (χ2v) is 11.2. The largest absolute Gasteiger partial charge is 0.355 e. The summed E-state index contributed by atoms with van der Waals surface area (Å²) in [5.41, 5.74) is 2.18. The molecule has 2 aromatic heterocycles. The van der Waals surface area contributed by atoms with Crippen LogP contribution in [0.2, 0.25) is 0 Å². The van der Waals surface area contributed by atoms with E-state index in [1.807, 2.05) is 41.0 Å². The van der Waals surface area contributed by atoms with Crippen molar-refractivity contribution in [3.8, 4) is 0 Å². The van der Waals surface area contributed by atoms with Crippen LogP contribution in [0.3, 0.4) is 0 Å². The molecule has 1 fully saturated rings. The van der Waals surface area contributed by atoms with Gasteiger partial charge in [0.1, 0.15) is 18.2 Å². The predicted molar refractivity (Wildman–Crippen MR) is 164 cm³/mol. The number of benzene rings is 2. The van der Waals surface area contributed by atoms with Crippen molar-refractivity contribution in [3.05, 3.63) is 77.5 Å². The van der Waals surface area contributed by atoms with Crippen LogP contribution in [0.1, 0.15) is 69.6 Å². The van der Waals surface area contributed by atoms with E-state index < -0.39 is 29.7 Å². The van der Waals surface area contributed by atoms with E-state index in [0.29, 0.717) is 13.1 Å². The molecule has 2 aromatic carbocycles. The van der Waals surface area contributed by atoms with E-state index in [9.17, 15) is 28.8 Å². The number of carbonyl (C=O) groups is 6. The van der Waals surface area contributed by atoms with Gasteiger partial charge in [-0.15, -0.1) is 0 Å². The Kier molecular flexibility index (Phi) is 8.37. The number of amides is 6. The summed E-state index contributed by atoms with van der Waals surface area (Å²) >= 11 is 0. The molecular formula is C33H32N6O6. The molecule has 6 amide bonds. The van der Waals surface area contributed by atoms with E-state index in [1.54, 1.807) is 6.20 Å². The van der Waals surface area contributed by atoms with Crippen LogP contribution in [-0.4, -0.2) is 69.0 Å². The van der Waals surface area contributed by atoms with Crippen molar-refractivity contribution in [2.45, 2.75) is 51.1 Å². The van der Waals surface area contributed by atoms with Crippen LogP contribution < -0.4 is 16.0 Å². The van der Waals surface area contributed by atoms with E-state index in [0.717, 1.165) is 52.5 Å². The second kappa shape index (κ2) is 12.7. The van der Waals surface area contributed by atoms with Crippen molar-refractivity contribution in [1.29, 1.82) is 0 Å². The van der Waals surface area contributed by atoms with Crippen LogP contribution >= 0.6 is 0 Å². The summed E-state index contributed by atoms with van der Waals surface area (Å²) in [7, 11) is 0. The number of hydrogen-bond acceptors (Lipinski definition) is 7. The van der Waals surface area contributed by atoms with Crippen LogP contribution in [0.15, 0.2) is 60.8 Å². The number of hydrogen-bond donors (Lipinski definition) is 3. The van der Waals surface area contributed by atoms with E-state index in [4.69, 9.17) is 0 Å². The SMILES string of the molecule is O=C(Cn1c2ccccc2c2cccnc21)NCCCCCCNC(=O)c1ccc2c(c1)C(=O)N(C1CCC(=O)NC1=O)C2=O. The number of nitrogens with one attached hydrogen (secondary N) is 3. The summed E-state index contributed by atoms with van der Waals surface area (Å²) < 4.78 is 1.94. The number of unbranched alkanes of at least 4 members (excludes halogenated alkanes) is 3. The Morgan fingerprint density at radius 2 is 1.58 bits per heavy atom. The molecule has 1 saturated heterocycles. The summed E-state index contributed by atoms with van der Waals surface area (Å²) in [4.78, 5) is 80.3. The lowest BCUT2D eigenvalue weighted by atomic mass is 10.0. The van der Waals surface area contributed by atoms with E-state index in [2.05, 4.69) is 20.9 Å². The highest BCUT2D eigenvalue weighted by molar-refractivity contribution is 6.24. The van der Waals surface area contributed by atoms with Gasteiger partial charge in [0.05, 0.1) is 16.6 Å². The summed E-state index contributed by atoms with van der Waals surface area (Å²) in [6.45, 7) is 1.16. The third-order valence-corrected chi connectivity index (χ3v) is 8.24. The molecule has 6 rings (SSSR count). The Hall–Kier alpha value is -5.39. The van der Waals surface area contributed by atoms with Gasteiger partial charge in [-0.25, -0.2) is 4.98 Å². The molecule has 2 aliphatic rings. The van der Waals surface area contributed by atoms with Crippen LogP contribution in [0.5, 0.6) is 0 Å². The number of piperidine rings is 1. The van der Waals surface area contributed by atoms with Crippen LogP contribution in [0.25, 0.3) is 21.9 Å². The van der Waals surface area contributed by atoms with Gasteiger partial charge < -0.3 is 15.2 Å². The molecular weight excluding hydrogens is 576 g/mol. The third-order valence-electron chi connectivity index (χ3n) is 8.24. The lowest BCUT2D eigenvalue weighted by molar-refractivity contribution is -0.136. The first-order valence-electron chi connectivity index (χ1n) is 15.1. The molecule has 4 heterocycles. The maximum absolute atomic E-state index is 13.0. The smallest absolute Gasteiger partial charge is 0.262 e. The topological polar surface area (TPSA) is 160 Å². The highest BCUT2D eigenvalue weighted by atomic mass is 16.2. The highest BCUT2D eigenvalue weighted by Crippen LogP contribution is 2.29. The monoisotopic (exact) mass is 608 g/mol. The van der Waals surface area contributed by atoms with Gasteiger partial charge in [0.2, 0.25) is 17.7 Å². The Morgan fingerprint density at radius 3 is 2.38 bits per heavy atom. The van der Waals surface area contributed by atoms with Gasteiger partial charge in [0.25, 0.3) is 17.7 Å². The highest BCUT2D eigenvalue weighted by Gasteiger charge is 2.44. The fourth-order valence-corrected chi connectivity index (χ4v) is 5.98. The molecule has 0 saturated carbocycles. The maximum Gasteiger partial charge on any atom is 0.262 e. The van der Waals surface area contributed by atoms with Crippen molar-refractivity contribution in [2.24, 2.45) is 0 Å². The van der Waals surface area contributed by atoms with Crippen molar-refractivity contribution in [1.82, 2.24) is 30.4 Å². The molecule has 230 valence electrons. The Labute approximate surface area is 258 Å².